The van der Waals surface area contributed by atoms with Crippen LogP contribution in [0.2, 0.25) is 0 Å². The number of carbonyl (C=O) groups excluding carboxylic acids is 4. The lowest BCUT2D eigenvalue weighted by molar-refractivity contribution is -0.138. The Bertz CT molecular complexity index is 1650. The Morgan fingerprint density at radius 3 is 2.53 bits per heavy atom. The Morgan fingerprint density at radius 1 is 0.943 bits per heavy atom. The molecule has 284 valence electrons. The maximum atomic E-state index is 14.0. The van der Waals surface area contributed by atoms with Gasteiger partial charge in [-0.05, 0) is 104 Å². The van der Waals surface area contributed by atoms with Crippen LogP contribution in [0.4, 0.5) is 0 Å². The molecule has 4 bridgehead atoms. The molecular weight excluding hydrogens is 672 g/mol. The first-order valence-electron chi connectivity index (χ1n) is 18.9. The molecule has 0 spiro atoms. The van der Waals surface area contributed by atoms with Gasteiger partial charge in [-0.1, -0.05) is 48.5 Å². The number of hydrogen-bond acceptors (Lipinski definition) is 7. The lowest BCUT2D eigenvalue weighted by Gasteiger charge is -2.34. The van der Waals surface area contributed by atoms with E-state index < -0.39 is 23.9 Å². The van der Waals surface area contributed by atoms with Crippen molar-refractivity contribution in [1.82, 2.24) is 20.9 Å². The first-order chi connectivity index (χ1) is 25.8. The molecule has 5 rings (SSSR count). The number of carbonyl (C=O) groups is 4. The highest BCUT2D eigenvalue weighted by molar-refractivity contribution is 5.95. The van der Waals surface area contributed by atoms with E-state index in [-0.39, 0.29) is 43.7 Å². The summed E-state index contributed by atoms with van der Waals surface area (Å²) < 4.78 is 17.1. The van der Waals surface area contributed by atoms with E-state index >= 15 is 0 Å². The van der Waals surface area contributed by atoms with E-state index in [9.17, 15) is 19.2 Å². The van der Waals surface area contributed by atoms with Gasteiger partial charge in [-0.3, -0.25) is 19.2 Å². The van der Waals surface area contributed by atoms with E-state index in [1.54, 1.807) is 12.0 Å². The zero-order chi connectivity index (χ0) is 37.4. The van der Waals surface area contributed by atoms with Gasteiger partial charge >= 0.3 is 0 Å². The minimum atomic E-state index is -1.15. The van der Waals surface area contributed by atoms with E-state index in [1.165, 1.54) is 5.56 Å². The molecule has 11 heteroatoms. The van der Waals surface area contributed by atoms with Gasteiger partial charge in [0.2, 0.25) is 23.6 Å². The number of rotatable bonds is 12. The minimum Gasteiger partial charge on any atom is -0.497 e. The van der Waals surface area contributed by atoms with Crippen molar-refractivity contribution in [2.24, 2.45) is 5.92 Å². The van der Waals surface area contributed by atoms with E-state index in [0.29, 0.717) is 39.1 Å². The predicted octanol–water partition coefficient (Wildman–Crippen LogP) is 4.67. The van der Waals surface area contributed by atoms with Crippen molar-refractivity contribution in [3.05, 3.63) is 95.1 Å². The van der Waals surface area contributed by atoms with Crippen LogP contribution < -0.4 is 25.4 Å². The second kappa shape index (κ2) is 20.4. The SMILES string of the molecule is COc1ccc(CCCOCCC(=O)N[C@H]2CC(=O)N3CCCC(CCOc4ccc(C)c(c4)CNC(=O)[C@H](CCc4ccccc4)NC2=O)C3)cc1. The van der Waals surface area contributed by atoms with Crippen LogP contribution in [0, 0.1) is 12.8 Å². The van der Waals surface area contributed by atoms with Crippen LogP contribution >= 0.6 is 0 Å². The fourth-order valence-corrected chi connectivity index (χ4v) is 6.82. The number of aryl methyl sites for hydroxylation is 3. The average molecular weight is 727 g/mol. The number of amides is 4. The highest BCUT2D eigenvalue weighted by Gasteiger charge is 2.32. The Labute approximate surface area is 313 Å². The molecule has 0 radical (unpaired) electrons. The van der Waals surface area contributed by atoms with Gasteiger partial charge in [0.1, 0.15) is 23.6 Å². The minimum absolute atomic E-state index is 0.0304. The highest BCUT2D eigenvalue weighted by Crippen LogP contribution is 2.23. The third kappa shape index (κ3) is 12.6. The van der Waals surface area contributed by atoms with E-state index in [4.69, 9.17) is 14.2 Å². The van der Waals surface area contributed by atoms with E-state index in [1.807, 2.05) is 79.7 Å². The fourth-order valence-electron chi connectivity index (χ4n) is 6.82. The highest BCUT2D eigenvalue weighted by atomic mass is 16.5. The number of nitrogens with one attached hydrogen (secondary N) is 3. The second-order valence-electron chi connectivity index (χ2n) is 14.0. The van der Waals surface area contributed by atoms with Crippen molar-refractivity contribution in [1.29, 1.82) is 0 Å². The maximum Gasteiger partial charge on any atom is 0.243 e. The molecule has 1 saturated heterocycles. The quantitative estimate of drug-likeness (QED) is 0.231. The zero-order valence-corrected chi connectivity index (χ0v) is 31.1. The van der Waals surface area contributed by atoms with Crippen LogP contribution in [-0.2, 0) is 43.3 Å². The van der Waals surface area contributed by atoms with E-state index in [2.05, 4.69) is 16.0 Å². The average Bonchev–Trinajstić information content (AvgIpc) is 3.17. The fraction of sp³-hybridized carbons (Fsp3) is 0.476. The second-order valence-corrected chi connectivity index (χ2v) is 14.0. The van der Waals surface area contributed by atoms with Crippen molar-refractivity contribution in [3.8, 4) is 11.5 Å². The summed E-state index contributed by atoms with van der Waals surface area (Å²) in [4.78, 5) is 56.4. The van der Waals surface area contributed by atoms with Crippen molar-refractivity contribution in [3.63, 3.8) is 0 Å². The van der Waals surface area contributed by atoms with Crippen LogP contribution in [0.1, 0.15) is 67.2 Å². The van der Waals surface area contributed by atoms with Crippen LogP contribution in [0.5, 0.6) is 11.5 Å². The van der Waals surface area contributed by atoms with Crippen LogP contribution in [0.25, 0.3) is 0 Å². The molecule has 3 atom stereocenters. The third-order valence-corrected chi connectivity index (χ3v) is 10.1. The molecule has 11 nitrogen and oxygen atoms in total. The zero-order valence-electron chi connectivity index (χ0n) is 31.1. The Balaban J connectivity index is 1.26. The summed E-state index contributed by atoms with van der Waals surface area (Å²) in [5, 5.41) is 8.71. The Morgan fingerprint density at radius 2 is 1.74 bits per heavy atom. The molecule has 53 heavy (non-hydrogen) atoms. The Hall–Kier alpha value is -4.90. The third-order valence-electron chi connectivity index (χ3n) is 10.1. The lowest BCUT2D eigenvalue weighted by atomic mass is 9.94. The number of nitrogens with zero attached hydrogens (tertiary/aromatic N) is 1. The molecule has 1 fully saturated rings. The first kappa shape index (κ1) is 39.3. The standard InChI is InChI=1S/C42H54N4O7/c1-30-12-16-36-26-34(30)28-43-41(49)37(19-15-31-8-4-3-5-9-31)45-42(50)38(27-40(48)46-22-6-10-33(29-46)20-25-53-36)44-39(47)21-24-52-23-7-11-32-13-17-35(51-2)18-14-32/h3-5,8-9,12-14,16-18,26,33,37-38H,6-7,10-11,15,19-25,27-29H2,1-2H3,(H,43,49)(H,44,47)(H,45,50)/t33?,37-,38-/m0/s1. The van der Waals surface area contributed by atoms with Gasteiger partial charge in [0.15, 0.2) is 0 Å². The van der Waals surface area contributed by atoms with Gasteiger partial charge in [-0.15, -0.1) is 0 Å². The molecule has 3 N–H and O–H groups in total. The van der Waals surface area contributed by atoms with Crippen molar-refractivity contribution in [2.75, 3.05) is 40.0 Å². The van der Waals surface area contributed by atoms with Gasteiger partial charge in [0.05, 0.1) is 26.7 Å². The van der Waals surface area contributed by atoms with Crippen molar-refractivity contribution >= 4 is 23.6 Å². The summed E-state index contributed by atoms with van der Waals surface area (Å²) in [5.74, 6) is 0.284. The lowest BCUT2D eigenvalue weighted by Crippen LogP contribution is -2.55. The molecular formula is C42H54N4O7. The van der Waals surface area contributed by atoms with Crippen molar-refractivity contribution < 1.29 is 33.4 Å². The van der Waals surface area contributed by atoms with Gasteiger partial charge in [0.25, 0.3) is 0 Å². The summed E-state index contributed by atoms with van der Waals surface area (Å²) in [5.41, 5.74) is 4.13. The molecule has 3 aromatic carbocycles. The van der Waals surface area contributed by atoms with Crippen molar-refractivity contribution in [2.45, 2.75) is 83.3 Å². The summed E-state index contributed by atoms with van der Waals surface area (Å²) >= 11 is 0. The first-order valence-corrected chi connectivity index (χ1v) is 18.9. The van der Waals surface area contributed by atoms with Gasteiger partial charge < -0.3 is 35.1 Å². The predicted molar refractivity (Wildman–Crippen MR) is 202 cm³/mol. The molecule has 3 aromatic rings. The van der Waals surface area contributed by atoms with E-state index in [0.717, 1.165) is 60.3 Å². The summed E-state index contributed by atoms with van der Waals surface area (Å²) in [7, 11) is 1.64. The largest absolute Gasteiger partial charge is 0.497 e. The smallest absolute Gasteiger partial charge is 0.243 e. The number of hydrogen-bond donors (Lipinski definition) is 3. The van der Waals surface area contributed by atoms with Gasteiger partial charge in [-0.25, -0.2) is 0 Å². The van der Waals surface area contributed by atoms with Crippen LogP contribution in [0.3, 0.4) is 0 Å². The maximum absolute atomic E-state index is 14.0. The van der Waals surface area contributed by atoms with Gasteiger partial charge in [-0.2, -0.15) is 0 Å². The molecule has 4 amide bonds. The van der Waals surface area contributed by atoms with Crippen LogP contribution in [0.15, 0.2) is 72.8 Å². The number of benzene rings is 3. The topological polar surface area (TPSA) is 135 Å². The number of piperidine rings is 1. The van der Waals surface area contributed by atoms with Gasteiger partial charge in [0, 0.05) is 32.7 Å². The van der Waals surface area contributed by atoms with Crippen LogP contribution in [-0.4, -0.2) is 80.6 Å². The summed E-state index contributed by atoms with van der Waals surface area (Å²) in [6.45, 7) is 4.56. The molecule has 1 unspecified atom stereocenters. The normalized spacial score (nSPS) is 19.9. The molecule has 0 aromatic heterocycles. The number of ether oxygens (including phenoxy) is 3. The Kier molecular flexibility index (Phi) is 15.1. The summed E-state index contributed by atoms with van der Waals surface area (Å²) in [6.07, 6.45) is 4.94. The summed E-state index contributed by atoms with van der Waals surface area (Å²) in [6, 6.07) is 21.4. The monoisotopic (exact) mass is 726 g/mol. The molecule has 2 aliphatic heterocycles. The molecule has 0 aliphatic carbocycles. The number of fused-ring (bicyclic) bond motifs is 4. The molecule has 2 heterocycles. The molecule has 2 aliphatic rings. The molecule has 0 saturated carbocycles. The number of methoxy groups -OCH3 is 1.